The molecule has 2 aromatic heterocycles. The molecule has 0 aliphatic rings. The summed E-state index contributed by atoms with van der Waals surface area (Å²) in [7, 11) is 0. The SMILES string of the molecule is CCc1ccc(NC(=O)c2c(NCCO)nc(-c3ccncc3)nc2SC)cc1. The molecule has 0 unspecified atom stereocenters. The number of anilines is 2. The summed E-state index contributed by atoms with van der Waals surface area (Å²) in [5.74, 6) is 0.564. The van der Waals surface area contributed by atoms with E-state index in [-0.39, 0.29) is 19.1 Å². The number of nitrogens with one attached hydrogen (secondary N) is 2. The first kappa shape index (κ1) is 20.8. The number of hydrogen-bond acceptors (Lipinski definition) is 7. The minimum Gasteiger partial charge on any atom is -0.395 e. The highest BCUT2D eigenvalue weighted by atomic mass is 32.2. The molecule has 0 aliphatic heterocycles. The first-order valence-corrected chi connectivity index (χ1v) is 10.5. The second-order valence-electron chi connectivity index (χ2n) is 6.17. The summed E-state index contributed by atoms with van der Waals surface area (Å²) in [6.45, 7) is 2.27. The van der Waals surface area contributed by atoms with Gasteiger partial charge in [0.1, 0.15) is 16.4 Å². The Kier molecular flexibility index (Phi) is 7.15. The van der Waals surface area contributed by atoms with E-state index >= 15 is 0 Å². The van der Waals surface area contributed by atoms with Gasteiger partial charge in [-0.25, -0.2) is 9.97 Å². The van der Waals surface area contributed by atoms with E-state index < -0.39 is 0 Å². The maximum atomic E-state index is 13.1. The number of nitrogens with zero attached hydrogens (tertiary/aromatic N) is 3. The number of carbonyl (C=O) groups is 1. The molecule has 0 fully saturated rings. The average Bonchev–Trinajstić information content (AvgIpc) is 2.78. The fraction of sp³-hybridized carbons (Fsp3) is 0.238. The predicted octanol–water partition coefficient (Wildman–Crippen LogP) is 3.48. The molecule has 3 aromatic rings. The Morgan fingerprint density at radius 2 is 1.83 bits per heavy atom. The van der Waals surface area contributed by atoms with Crippen LogP contribution in [0.1, 0.15) is 22.8 Å². The summed E-state index contributed by atoms with van der Waals surface area (Å²) in [6, 6.07) is 11.3. The maximum Gasteiger partial charge on any atom is 0.262 e. The lowest BCUT2D eigenvalue weighted by molar-refractivity contribution is 0.102. The monoisotopic (exact) mass is 409 g/mol. The van der Waals surface area contributed by atoms with Gasteiger partial charge < -0.3 is 15.7 Å². The van der Waals surface area contributed by atoms with Crippen molar-refractivity contribution in [3.05, 3.63) is 59.9 Å². The van der Waals surface area contributed by atoms with Gasteiger partial charge in [-0.05, 0) is 42.5 Å². The van der Waals surface area contributed by atoms with Crippen LogP contribution in [0.4, 0.5) is 11.5 Å². The van der Waals surface area contributed by atoms with Crippen LogP contribution in [-0.2, 0) is 6.42 Å². The maximum absolute atomic E-state index is 13.1. The fourth-order valence-corrected chi connectivity index (χ4v) is 3.31. The molecule has 1 amide bonds. The molecular formula is C21H23N5O2S. The fourth-order valence-electron chi connectivity index (χ4n) is 2.74. The van der Waals surface area contributed by atoms with Gasteiger partial charge in [0.2, 0.25) is 0 Å². The van der Waals surface area contributed by atoms with Crippen molar-refractivity contribution >= 4 is 29.2 Å². The van der Waals surface area contributed by atoms with E-state index in [0.717, 1.165) is 12.0 Å². The molecule has 7 nitrogen and oxygen atoms in total. The van der Waals surface area contributed by atoms with Crippen molar-refractivity contribution in [3.8, 4) is 11.4 Å². The number of amides is 1. The molecule has 0 saturated heterocycles. The number of hydrogen-bond donors (Lipinski definition) is 3. The first-order valence-electron chi connectivity index (χ1n) is 9.27. The Morgan fingerprint density at radius 3 is 2.45 bits per heavy atom. The highest BCUT2D eigenvalue weighted by Gasteiger charge is 2.21. The van der Waals surface area contributed by atoms with Crippen molar-refractivity contribution in [3.63, 3.8) is 0 Å². The van der Waals surface area contributed by atoms with E-state index in [1.54, 1.807) is 12.4 Å². The minimum atomic E-state index is -0.305. The molecule has 3 rings (SSSR count). The van der Waals surface area contributed by atoms with Crippen molar-refractivity contribution in [2.24, 2.45) is 0 Å². The third kappa shape index (κ3) is 5.10. The number of aliphatic hydroxyl groups is 1. The summed E-state index contributed by atoms with van der Waals surface area (Å²) in [5, 5.41) is 15.7. The second kappa shape index (κ2) is 9.99. The Morgan fingerprint density at radius 1 is 1.10 bits per heavy atom. The molecule has 0 spiro atoms. The van der Waals surface area contributed by atoms with E-state index in [2.05, 4.69) is 32.5 Å². The number of benzene rings is 1. The Bertz CT molecular complexity index is 965. The summed E-state index contributed by atoms with van der Waals surface area (Å²) in [4.78, 5) is 26.2. The molecule has 1 aromatic carbocycles. The number of aromatic nitrogens is 3. The molecule has 8 heteroatoms. The highest BCUT2D eigenvalue weighted by Crippen LogP contribution is 2.28. The standard InChI is InChI=1S/C21H23N5O2S/c1-3-14-4-6-16(7-5-14)24-20(28)17-19(23-12-13-27)25-18(26-21(17)29-2)15-8-10-22-11-9-15/h4-11,27H,3,12-13H2,1-2H3,(H,24,28)(H,23,25,26). The van der Waals surface area contributed by atoms with E-state index in [0.29, 0.717) is 27.9 Å². The van der Waals surface area contributed by atoms with Crippen LogP contribution in [0.2, 0.25) is 0 Å². The van der Waals surface area contributed by atoms with Gasteiger partial charge in [0.05, 0.1) is 6.61 Å². The number of thioether (sulfide) groups is 1. The van der Waals surface area contributed by atoms with Crippen molar-refractivity contribution in [2.45, 2.75) is 18.4 Å². The molecule has 150 valence electrons. The zero-order valence-corrected chi connectivity index (χ0v) is 17.2. The number of pyridine rings is 1. The number of rotatable bonds is 8. The van der Waals surface area contributed by atoms with Crippen LogP contribution in [0.5, 0.6) is 0 Å². The smallest absolute Gasteiger partial charge is 0.262 e. The largest absolute Gasteiger partial charge is 0.395 e. The van der Waals surface area contributed by atoms with E-state index in [4.69, 9.17) is 0 Å². The van der Waals surface area contributed by atoms with Crippen LogP contribution in [0.3, 0.4) is 0 Å². The zero-order valence-electron chi connectivity index (χ0n) is 16.3. The molecule has 29 heavy (non-hydrogen) atoms. The van der Waals surface area contributed by atoms with Crippen LogP contribution in [0.25, 0.3) is 11.4 Å². The van der Waals surface area contributed by atoms with Crippen LogP contribution in [0.15, 0.2) is 53.8 Å². The Hall–Kier alpha value is -2.97. The number of carbonyl (C=O) groups excluding carboxylic acids is 1. The molecular weight excluding hydrogens is 386 g/mol. The number of aliphatic hydroxyl groups excluding tert-OH is 1. The van der Waals surface area contributed by atoms with Gasteiger partial charge in [-0.3, -0.25) is 9.78 Å². The van der Waals surface area contributed by atoms with Gasteiger partial charge in [-0.2, -0.15) is 0 Å². The lowest BCUT2D eigenvalue weighted by atomic mass is 10.1. The van der Waals surface area contributed by atoms with Crippen LogP contribution >= 0.6 is 11.8 Å². The molecule has 0 aliphatic carbocycles. The van der Waals surface area contributed by atoms with Crippen molar-refractivity contribution < 1.29 is 9.90 Å². The van der Waals surface area contributed by atoms with E-state index in [1.807, 2.05) is 42.7 Å². The van der Waals surface area contributed by atoms with Gasteiger partial charge in [0.25, 0.3) is 5.91 Å². The molecule has 0 bridgehead atoms. The average molecular weight is 410 g/mol. The van der Waals surface area contributed by atoms with Crippen molar-refractivity contribution in [1.82, 2.24) is 15.0 Å². The van der Waals surface area contributed by atoms with Crippen molar-refractivity contribution in [2.75, 3.05) is 30.0 Å². The lowest BCUT2D eigenvalue weighted by Gasteiger charge is -2.15. The normalized spacial score (nSPS) is 10.6. The molecule has 0 saturated carbocycles. The summed E-state index contributed by atoms with van der Waals surface area (Å²) in [6.07, 6.45) is 6.13. The summed E-state index contributed by atoms with van der Waals surface area (Å²) >= 11 is 1.37. The zero-order chi connectivity index (χ0) is 20.6. The molecule has 0 atom stereocenters. The second-order valence-corrected chi connectivity index (χ2v) is 6.97. The number of aryl methyl sites for hydroxylation is 1. The van der Waals surface area contributed by atoms with Crippen LogP contribution in [-0.4, -0.2) is 45.4 Å². The predicted molar refractivity (Wildman–Crippen MR) is 116 cm³/mol. The van der Waals surface area contributed by atoms with Gasteiger partial charge in [0.15, 0.2) is 5.82 Å². The van der Waals surface area contributed by atoms with Gasteiger partial charge in [-0.1, -0.05) is 19.1 Å². The molecule has 0 radical (unpaired) electrons. The minimum absolute atomic E-state index is 0.0806. The van der Waals surface area contributed by atoms with Gasteiger partial charge >= 0.3 is 0 Å². The third-order valence-corrected chi connectivity index (χ3v) is 4.94. The third-order valence-electron chi connectivity index (χ3n) is 4.26. The van der Waals surface area contributed by atoms with Gasteiger partial charge in [-0.15, -0.1) is 11.8 Å². The highest BCUT2D eigenvalue weighted by molar-refractivity contribution is 7.98. The Balaban J connectivity index is 1.99. The van der Waals surface area contributed by atoms with Gasteiger partial charge in [0, 0.05) is 30.2 Å². The molecule has 3 N–H and O–H groups in total. The Labute approximate surface area is 174 Å². The molecule has 2 heterocycles. The van der Waals surface area contributed by atoms with E-state index in [1.165, 1.54) is 17.3 Å². The quantitative estimate of drug-likeness (QED) is 0.387. The summed E-state index contributed by atoms with van der Waals surface area (Å²) < 4.78 is 0. The lowest BCUT2D eigenvalue weighted by Crippen LogP contribution is -2.19. The van der Waals surface area contributed by atoms with E-state index in [9.17, 15) is 9.90 Å². The topological polar surface area (TPSA) is 100 Å². The first-order chi connectivity index (χ1) is 14.2. The van der Waals surface area contributed by atoms with Crippen molar-refractivity contribution in [1.29, 1.82) is 0 Å². The summed E-state index contributed by atoms with van der Waals surface area (Å²) in [5.41, 5.74) is 3.04. The van der Waals surface area contributed by atoms with Crippen LogP contribution in [0, 0.1) is 0 Å². The van der Waals surface area contributed by atoms with Crippen LogP contribution < -0.4 is 10.6 Å².